The van der Waals surface area contributed by atoms with Gasteiger partial charge in [-0.1, -0.05) is 6.07 Å². The van der Waals surface area contributed by atoms with E-state index < -0.39 is 12.6 Å². The van der Waals surface area contributed by atoms with Crippen LogP contribution in [0.15, 0.2) is 18.2 Å². The van der Waals surface area contributed by atoms with E-state index in [-0.39, 0.29) is 18.9 Å². The fourth-order valence-electron chi connectivity index (χ4n) is 2.21. The van der Waals surface area contributed by atoms with Crippen molar-refractivity contribution in [3.63, 3.8) is 0 Å². The number of alkyl halides is 3. The Bertz CT molecular complexity index is 486. The molecule has 20 heavy (non-hydrogen) atoms. The number of hydrogen-bond donors (Lipinski definition) is 2. The molecule has 0 radical (unpaired) electrons. The molecule has 0 saturated carbocycles. The molecule has 1 aliphatic heterocycles. The normalized spacial score (nSPS) is 14.8. The van der Waals surface area contributed by atoms with Crippen molar-refractivity contribution in [3.8, 4) is 0 Å². The van der Waals surface area contributed by atoms with Crippen molar-refractivity contribution in [1.29, 1.82) is 0 Å². The van der Waals surface area contributed by atoms with Crippen molar-refractivity contribution in [1.82, 2.24) is 10.6 Å². The van der Waals surface area contributed by atoms with Gasteiger partial charge in [0.05, 0.1) is 0 Å². The van der Waals surface area contributed by atoms with Gasteiger partial charge in [-0.3, -0.25) is 4.79 Å². The molecule has 110 valence electrons. The van der Waals surface area contributed by atoms with E-state index in [0.717, 1.165) is 25.1 Å². The van der Waals surface area contributed by atoms with E-state index >= 15 is 0 Å². The maximum absolute atomic E-state index is 12.0. The first-order valence-corrected chi connectivity index (χ1v) is 6.63. The molecule has 1 aromatic carbocycles. The minimum absolute atomic E-state index is 0.0354. The van der Waals surface area contributed by atoms with Gasteiger partial charge < -0.3 is 10.6 Å². The summed E-state index contributed by atoms with van der Waals surface area (Å²) in [5, 5.41) is 5.74. The topological polar surface area (TPSA) is 41.1 Å². The van der Waals surface area contributed by atoms with Gasteiger partial charge in [-0.25, -0.2) is 0 Å². The molecule has 2 N–H and O–H groups in total. The second kappa shape index (κ2) is 6.26. The molecule has 1 heterocycles. The zero-order valence-corrected chi connectivity index (χ0v) is 11.0. The largest absolute Gasteiger partial charge is 0.389 e. The Morgan fingerprint density at radius 1 is 1.30 bits per heavy atom. The summed E-state index contributed by atoms with van der Waals surface area (Å²) in [5.41, 5.74) is 2.80. The van der Waals surface area contributed by atoms with E-state index in [9.17, 15) is 18.0 Å². The standard InChI is InChI=1S/C14H17F3N2O/c15-14(16,17)5-1-6-19-13(20)11-3-2-10-4-7-18-9-12(10)8-11/h2-3,8,18H,1,4-7,9H2,(H,19,20). The van der Waals surface area contributed by atoms with E-state index in [4.69, 9.17) is 0 Å². The molecule has 0 bridgehead atoms. The SMILES string of the molecule is O=C(NCCCC(F)(F)F)c1ccc2c(c1)CNCC2. The third-order valence-electron chi connectivity index (χ3n) is 3.28. The molecule has 1 aromatic rings. The van der Waals surface area contributed by atoms with Crippen molar-refractivity contribution in [2.75, 3.05) is 13.1 Å². The minimum atomic E-state index is -4.16. The lowest BCUT2D eigenvalue weighted by molar-refractivity contribution is -0.135. The summed E-state index contributed by atoms with van der Waals surface area (Å²) in [7, 11) is 0. The summed E-state index contributed by atoms with van der Waals surface area (Å²) in [5.74, 6) is -0.319. The highest BCUT2D eigenvalue weighted by atomic mass is 19.4. The number of amides is 1. The van der Waals surface area contributed by atoms with Crippen LogP contribution in [0, 0.1) is 0 Å². The third kappa shape index (κ3) is 4.23. The fourth-order valence-corrected chi connectivity index (χ4v) is 2.21. The van der Waals surface area contributed by atoms with Crippen LogP contribution in [0.3, 0.4) is 0 Å². The second-order valence-electron chi connectivity index (χ2n) is 4.88. The van der Waals surface area contributed by atoms with Crippen LogP contribution in [0.5, 0.6) is 0 Å². The van der Waals surface area contributed by atoms with Gasteiger partial charge in [0.25, 0.3) is 5.91 Å². The van der Waals surface area contributed by atoms with Crippen LogP contribution in [-0.4, -0.2) is 25.2 Å². The van der Waals surface area contributed by atoms with Crippen LogP contribution in [0.1, 0.15) is 34.3 Å². The molecule has 0 aromatic heterocycles. The number of carbonyl (C=O) groups is 1. The van der Waals surface area contributed by atoms with Crippen molar-refractivity contribution in [2.45, 2.75) is 32.0 Å². The Morgan fingerprint density at radius 3 is 2.85 bits per heavy atom. The molecule has 0 aliphatic carbocycles. The molecule has 1 amide bonds. The average Bonchev–Trinajstić information content (AvgIpc) is 2.42. The van der Waals surface area contributed by atoms with Crippen LogP contribution >= 0.6 is 0 Å². The first kappa shape index (κ1) is 14.8. The van der Waals surface area contributed by atoms with Gasteiger partial charge >= 0.3 is 6.18 Å². The zero-order valence-electron chi connectivity index (χ0n) is 11.0. The smallest absolute Gasteiger partial charge is 0.352 e. The van der Waals surface area contributed by atoms with Crippen LogP contribution in [-0.2, 0) is 13.0 Å². The summed E-state index contributed by atoms with van der Waals surface area (Å²) >= 11 is 0. The Hall–Kier alpha value is -1.56. The van der Waals surface area contributed by atoms with Gasteiger partial charge in [0.1, 0.15) is 0 Å². The summed E-state index contributed by atoms with van der Waals surface area (Å²) in [4.78, 5) is 11.8. The Balaban J connectivity index is 1.86. The molecular formula is C14H17F3N2O. The van der Waals surface area contributed by atoms with E-state index in [1.54, 1.807) is 12.1 Å². The van der Waals surface area contributed by atoms with E-state index in [1.807, 2.05) is 6.07 Å². The van der Waals surface area contributed by atoms with E-state index in [0.29, 0.717) is 5.56 Å². The number of hydrogen-bond acceptors (Lipinski definition) is 2. The summed E-state index contributed by atoms with van der Waals surface area (Å²) < 4.78 is 35.9. The quantitative estimate of drug-likeness (QED) is 0.835. The van der Waals surface area contributed by atoms with Gasteiger partial charge in [-0.2, -0.15) is 13.2 Å². The number of benzene rings is 1. The summed E-state index contributed by atoms with van der Waals surface area (Å²) in [6, 6.07) is 5.45. The number of fused-ring (bicyclic) bond motifs is 1. The van der Waals surface area contributed by atoms with Crippen molar-refractivity contribution >= 4 is 5.91 Å². The molecule has 6 heteroatoms. The lowest BCUT2D eigenvalue weighted by atomic mass is 9.98. The van der Waals surface area contributed by atoms with Crippen molar-refractivity contribution in [3.05, 3.63) is 34.9 Å². The molecule has 0 unspecified atom stereocenters. The Labute approximate surface area is 115 Å². The first-order valence-electron chi connectivity index (χ1n) is 6.63. The maximum Gasteiger partial charge on any atom is 0.389 e. The van der Waals surface area contributed by atoms with Crippen LogP contribution in [0.4, 0.5) is 13.2 Å². The summed E-state index contributed by atoms with van der Waals surface area (Å²) in [6.45, 7) is 1.69. The molecular weight excluding hydrogens is 269 g/mol. The molecule has 0 atom stereocenters. The monoisotopic (exact) mass is 286 g/mol. The van der Waals surface area contributed by atoms with Gasteiger partial charge in [-0.15, -0.1) is 0 Å². The average molecular weight is 286 g/mol. The van der Waals surface area contributed by atoms with Crippen molar-refractivity contribution < 1.29 is 18.0 Å². The van der Waals surface area contributed by atoms with Gasteiger partial charge in [0, 0.05) is 25.1 Å². The highest BCUT2D eigenvalue weighted by Crippen LogP contribution is 2.20. The van der Waals surface area contributed by atoms with Crippen LogP contribution in [0.2, 0.25) is 0 Å². The molecule has 1 aliphatic rings. The van der Waals surface area contributed by atoms with Gasteiger partial charge in [0.2, 0.25) is 0 Å². The lowest BCUT2D eigenvalue weighted by Crippen LogP contribution is -2.27. The second-order valence-corrected chi connectivity index (χ2v) is 4.88. The Morgan fingerprint density at radius 2 is 2.10 bits per heavy atom. The maximum atomic E-state index is 12.0. The zero-order chi connectivity index (χ0) is 14.6. The van der Waals surface area contributed by atoms with Gasteiger partial charge in [-0.05, 0) is 42.6 Å². The number of carbonyl (C=O) groups excluding carboxylic acids is 1. The molecule has 3 nitrogen and oxygen atoms in total. The number of nitrogens with one attached hydrogen (secondary N) is 2. The van der Waals surface area contributed by atoms with Gasteiger partial charge in [0.15, 0.2) is 0 Å². The molecule has 0 saturated heterocycles. The molecule has 0 fully saturated rings. The van der Waals surface area contributed by atoms with E-state index in [2.05, 4.69) is 10.6 Å². The van der Waals surface area contributed by atoms with E-state index in [1.165, 1.54) is 5.56 Å². The molecule has 2 rings (SSSR count). The highest BCUT2D eigenvalue weighted by molar-refractivity contribution is 5.94. The predicted molar refractivity (Wildman–Crippen MR) is 69.5 cm³/mol. The van der Waals surface area contributed by atoms with Crippen molar-refractivity contribution in [2.24, 2.45) is 0 Å². The number of rotatable bonds is 4. The van der Waals surface area contributed by atoms with Crippen LogP contribution in [0.25, 0.3) is 0 Å². The summed E-state index contributed by atoms with van der Waals surface area (Å²) in [6.07, 6.45) is -4.20. The van der Waals surface area contributed by atoms with Crippen LogP contribution < -0.4 is 10.6 Å². The first-order chi connectivity index (χ1) is 9.46. The number of halogens is 3. The molecule has 0 spiro atoms. The third-order valence-corrected chi connectivity index (χ3v) is 3.28. The fraction of sp³-hybridized carbons (Fsp3) is 0.500. The highest BCUT2D eigenvalue weighted by Gasteiger charge is 2.26. The Kier molecular flexibility index (Phi) is 4.65. The minimum Gasteiger partial charge on any atom is -0.352 e. The predicted octanol–water partition coefficient (Wildman–Crippen LogP) is 2.40. The lowest BCUT2D eigenvalue weighted by Gasteiger charge is -2.17.